The zero-order valence-electron chi connectivity index (χ0n) is 16.1. The van der Waals surface area contributed by atoms with E-state index in [0.29, 0.717) is 12.0 Å². The minimum atomic E-state index is -1.57. The highest BCUT2D eigenvalue weighted by atomic mass is 16.5. The van der Waals surface area contributed by atoms with Crippen molar-refractivity contribution < 1.29 is 29.3 Å². The monoisotopic (exact) mass is 380 g/mol. The molecule has 27 heavy (non-hydrogen) atoms. The van der Waals surface area contributed by atoms with Gasteiger partial charge in [0, 0.05) is 6.92 Å². The van der Waals surface area contributed by atoms with Gasteiger partial charge in [0.2, 0.25) is 5.91 Å². The number of hydrogen-bond donors (Lipinski definition) is 4. The summed E-state index contributed by atoms with van der Waals surface area (Å²) in [4.78, 5) is 35.8. The van der Waals surface area contributed by atoms with E-state index >= 15 is 0 Å². The van der Waals surface area contributed by atoms with Crippen molar-refractivity contribution in [2.24, 2.45) is 5.92 Å². The van der Waals surface area contributed by atoms with Crippen LogP contribution in [0.3, 0.4) is 0 Å². The van der Waals surface area contributed by atoms with Gasteiger partial charge in [0.15, 0.2) is 6.10 Å². The van der Waals surface area contributed by atoms with Gasteiger partial charge < -0.3 is 25.6 Å². The number of phenolic OH excluding ortho intramolecular Hbond substituents is 1. The van der Waals surface area contributed by atoms with Crippen LogP contribution in [0.4, 0.5) is 0 Å². The van der Waals surface area contributed by atoms with Crippen molar-refractivity contribution in [2.45, 2.75) is 51.8 Å². The molecule has 8 nitrogen and oxygen atoms in total. The minimum absolute atomic E-state index is 0.0859. The lowest BCUT2D eigenvalue weighted by Gasteiger charge is -2.25. The van der Waals surface area contributed by atoms with Gasteiger partial charge in [-0.3, -0.25) is 9.59 Å². The van der Waals surface area contributed by atoms with E-state index in [1.165, 1.54) is 26.2 Å². The van der Waals surface area contributed by atoms with Crippen LogP contribution in [0.25, 0.3) is 0 Å². The summed E-state index contributed by atoms with van der Waals surface area (Å²) in [5, 5.41) is 24.8. The van der Waals surface area contributed by atoms with Gasteiger partial charge in [0.1, 0.15) is 11.8 Å². The van der Waals surface area contributed by atoms with Crippen molar-refractivity contribution in [1.29, 1.82) is 0 Å². The molecule has 4 N–H and O–H groups in total. The van der Waals surface area contributed by atoms with E-state index in [1.807, 2.05) is 13.8 Å². The van der Waals surface area contributed by atoms with Crippen LogP contribution in [0.15, 0.2) is 24.3 Å². The third kappa shape index (κ3) is 7.65. The molecule has 0 aliphatic carbocycles. The van der Waals surface area contributed by atoms with Crippen molar-refractivity contribution in [3.63, 3.8) is 0 Å². The quantitative estimate of drug-likeness (QED) is 0.463. The molecule has 0 heterocycles. The summed E-state index contributed by atoms with van der Waals surface area (Å²) < 4.78 is 4.70. The lowest BCUT2D eigenvalue weighted by molar-refractivity contribution is -0.147. The van der Waals surface area contributed by atoms with Crippen LogP contribution >= 0.6 is 0 Å². The summed E-state index contributed by atoms with van der Waals surface area (Å²) in [7, 11) is 1.23. The molecule has 1 rings (SSSR count). The topological polar surface area (TPSA) is 125 Å². The zero-order valence-corrected chi connectivity index (χ0v) is 16.1. The first-order chi connectivity index (χ1) is 12.6. The Labute approximate surface area is 158 Å². The highest BCUT2D eigenvalue weighted by Gasteiger charge is 2.31. The van der Waals surface area contributed by atoms with Crippen LogP contribution in [-0.4, -0.2) is 53.3 Å². The fraction of sp³-hybridized carbons (Fsp3) is 0.526. The van der Waals surface area contributed by atoms with Crippen LogP contribution in [0.5, 0.6) is 5.75 Å². The minimum Gasteiger partial charge on any atom is -0.508 e. The Kier molecular flexibility index (Phi) is 8.74. The predicted molar refractivity (Wildman–Crippen MR) is 98.8 cm³/mol. The Morgan fingerprint density at radius 1 is 1.11 bits per heavy atom. The van der Waals surface area contributed by atoms with Crippen LogP contribution in [0.2, 0.25) is 0 Å². The number of methoxy groups -OCH3 is 1. The number of nitrogens with one attached hydrogen (secondary N) is 2. The highest BCUT2D eigenvalue weighted by Crippen LogP contribution is 2.13. The first kappa shape index (κ1) is 22.4. The average Bonchev–Trinajstić information content (AvgIpc) is 2.60. The maximum absolute atomic E-state index is 12.5. The summed E-state index contributed by atoms with van der Waals surface area (Å²) in [6.45, 7) is 5.07. The summed E-state index contributed by atoms with van der Waals surface area (Å²) in [6.07, 6.45) is -1.04. The summed E-state index contributed by atoms with van der Waals surface area (Å²) in [5.74, 6) is -1.57. The Morgan fingerprint density at radius 2 is 1.70 bits per heavy atom. The number of carbonyl (C=O) groups excluding carboxylic acids is 3. The highest BCUT2D eigenvalue weighted by molar-refractivity contribution is 5.87. The fourth-order valence-electron chi connectivity index (χ4n) is 2.66. The molecule has 8 heteroatoms. The van der Waals surface area contributed by atoms with Crippen LogP contribution in [-0.2, 0) is 25.5 Å². The SMILES string of the molecule is COC(=O)[C@H](CC(C)C)NC(=O)[C@@H](O)[C@@H](Cc1ccc(O)cc1)NC(C)=O. The third-order valence-electron chi connectivity index (χ3n) is 3.94. The van der Waals surface area contributed by atoms with E-state index in [9.17, 15) is 24.6 Å². The van der Waals surface area contributed by atoms with E-state index in [-0.39, 0.29) is 18.1 Å². The molecule has 0 aliphatic rings. The summed E-state index contributed by atoms with van der Waals surface area (Å²) in [5.41, 5.74) is 0.713. The number of amides is 2. The number of phenols is 1. The molecule has 0 saturated carbocycles. The van der Waals surface area contributed by atoms with E-state index in [4.69, 9.17) is 4.74 Å². The number of hydrogen-bond acceptors (Lipinski definition) is 6. The van der Waals surface area contributed by atoms with Gasteiger partial charge in [-0.1, -0.05) is 26.0 Å². The average molecular weight is 380 g/mol. The maximum atomic E-state index is 12.5. The first-order valence-electron chi connectivity index (χ1n) is 8.75. The van der Waals surface area contributed by atoms with Gasteiger partial charge in [-0.15, -0.1) is 0 Å². The molecule has 0 spiro atoms. The number of benzene rings is 1. The van der Waals surface area contributed by atoms with Gasteiger partial charge in [0.05, 0.1) is 13.2 Å². The van der Waals surface area contributed by atoms with Crippen molar-refractivity contribution in [3.8, 4) is 5.75 Å². The van der Waals surface area contributed by atoms with Gasteiger partial charge in [-0.05, 0) is 36.5 Å². The first-order valence-corrected chi connectivity index (χ1v) is 8.75. The van der Waals surface area contributed by atoms with E-state index in [0.717, 1.165) is 0 Å². The molecule has 0 radical (unpaired) electrons. The number of aliphatic hydroxyl groups excluding tert-OH is 1. The molecule has 0 fully saturated rings. The lowest BCUT2D eigenvalue weighted by Crippen LogP contribution is -2.54. The molecule has 0 aromatic heterocycles. The van der Waals surface area contributed by atoms with Gasteiger partial charge in [-0.25, -0.2) is 4.79 Å². The summed E-state index contributed by atoms with van der Waals surface area (Å²) in [6, 6.07) is 4.42. The number of aliphatic hydroxyl groups is 1. The molecule has 0 bridgehead atoms. The van der Waals surface area contributed by atoms with Crippen molar-refractivity contribution >= 4 is 17.8 Å². The van der Waals surface area contributed by atoms with Gasteiger partial charge in [-0.2, -0.15) is 0 Å². The number of rotatable bonds is 9. The van der Waals surface area contributed by atoms with Crippen LogP contribution in [0, 0.1) is 5.92 Å². The standard InChI is InChI=1S/C19H28N2O6/c1-11(2)9-16(19(26)27-4)21-18(25)17(24)15(20-12(3)22)10-13-5-7-14(23)8-6-13/h5-8,11,15-17,23-24H,9-10H2,1-4H3,(H,20,22)(H,21,25)/t15-,16+,17+/m1/s1. The van der Waals surface area contributed by atoms with E-state index in [1.54, 1.807) is 12.1 Å². The number of carbonyl (C=O) groups is 3. The van der Waals surface area contributed by atoms with E-state index in [2.05, 4.69) is 10.6 Å². The predicted octanol–water partition coefficient (Wildman–Crippen LogP) is 0.504. The smallest absolute Gasteiger partial charge is 0.328 e. The molecular weight excluding hydrogens is 352 g/mol. The number of esters is 1. The second kappa shape index (κ2) is 10.5. The summed E-state index contributed by atoms with van der Waals surface area (Å²) >= 11 is 0. The molecule has 2 amide bonds. The molecule has 0 saturated heterocycles. The van der Waals surface area contributed by atoms with Crippen LogP contribution < -0.4 is 10.6 Å². The molecule has 0 unspecified atom stereocenters. The number of aromatic hydroxyl groups is 1. The second-order valence-corrected chi connectivity index (χ2v) is 6.84. The van der Waals surface area contributed by atoms with Crippen molar-refractivity contribution in [2.75, 3.05) is 7.11 Å². The Bertz CT molecular complexity index is 644. The molecule has 1 aromatic carbocycles. The Morgan fingerprint density at radius 3 is 2.19 bits per heavy atom. The zero-order chi connectivity index (χ0) is 20.6. The van der Waals surface area contributed by atoms with Gasteiger partial charge >= 0.3 is 5.97 Å². The molecular formula is C19H28N2O6. The Balaban J connectivity index is 2.89. The van der Waals surface area contributed by atoms with E-state index < -0.39 is 36.0 Å². The molecule has 1 aromatic rings. The molecule has 150 valence electrons. The van der Waals surface area contributed by atoms with Gasteiger partial charge in [0.25, 0.3) is 5.91 Å². The molecule has 0 aliphatic heterocycles. The third-order valence-corrected chi connectivity index (χ3v) is 3.94. The second-order valence-electron chi connectivity index (χ2n) is 6.84. The lowest BCUT2D eigenvalue weighted by atomic mass is 9.99. The Hall–Kier alpha value is -2.61. The largest absolute Gasteiger partial charge is 0.508 e. The fourth-order valence-corrected chi connectivity index (χ4v) is 2.66. The maximum Gasteiger partial charge on any atom is 0.328 e. The van der Waals surface area contributed by atoms with Crippen molar-refractivity contribution in [3.05, 3.63) is 29.8 Å². The molecule has 3 atom stereocenters. The number of ether oxygens (including phenoxy) is 1. The van der Waals surface area contributed by atoms with Crippen LogP contribution in [0.1, 0.15) is 32.8 Å². The normalized spacial score (nSPS) is 14.1. The van der Waals surface area contributed by atoms with Crippen molar-refractivity contribution in [1.82, 2.24) is 10.6 Å².